The molecule has 0 atom stereocenters. The monoisotopic (exact) mass is 351 g/mol. The molecule has 0 aliphatic carbocycles. The van der Waals surface area contributed by atoms with Crippen LogP contribution in [-0.4, -0.2) is 17.4 Å². The minimum Gasteiger partial charge on any atom is -0.325 e. The summed E-state index contributed by atoms with van der Waals surface area (Å²) >= 11 is 7.07. The molecule has 0 aromatic heterocycles. The molecule has 2 rings (SSSR count). The second-order valence-corrected chi connectivity index (χ2v) is 6.38. The van der Waals surface area contributed by atoms with E-state index in [4.69, 9.17) is 11.6 Å². The molecule has 6 heteroatoms. The predicted molar refractivity (Wildman–Crippen MR) is 91.9 cm³/mol. The summed E-state index contributed by atoms with van der Waals surface area (Å²) in [5, 5.41) is 3.32. The minimum atomic E-state index is -0.505. The molecule has 0 heterocycles. The highest BCUT2D eigenvalue weighted by atomic mass is 35.5. The Labute approximate surface area is 143 Å². The molecule has 1 N–H and O–H groups in total. The number of anilines is 1. The van der Waals surface area contributed by atoms with Crippen LogP contribution in [0.1, 0.15) is 22.8 Å². The van der Waals surface area contributed by atoms with Gasteiger partial charge in [0.05, 0.1) is 5.75 Å². The zero-order valence-electron chi connectivity index (χ0n) is 12.7. The van der Waals surface area contributed by atoms with E-state index >= 15 is 0 Å². The Morgan fingerprint density at radius 3 is 2.65 bits per heavy atom. The van der Waals surface area contributed by atoms with Crippen molar-refractivity contribution in [3.63, 3.8) is 0 Å². The fraction of sp³-hybridized carbons (Fsp3) is 0.176. The number of nitrogens with one attached hydrogen (secondary N) is 1. The van der Waals surface area contributed by atoms with Gasteiger partial charge in [-0.25, -0.2) is 4.39 Å². The van der Waals surface area contributed by atoms with Gasteiger partial charge in [0, 0.05) is 21.2 Å². The van der Waals surface area contributed by atoms with E-state index in [9.17, 15) is 14.0 Å². The highest BCUT2D eigenvalue weighted by molar-refractivity contribution is 8.00. The molecule has 1 amide bonds. The average Bonchev–Trinajstić information content (AvgIpc) is 2.50. The van der Waals surface area contributed by atoms with Gasteiger partial charge in [-0.05, 0) is 43.7 Å². The predicted octanol–water partition coefficient (Wildman–Crippen LogP) is 4.72. The number of halogens is 2. The first-order valence-corrected chi connectivity index (χ1v) is 8.23. The molecule has 0 radical (unpaired) electrons. The smallest absolute Gasteiger partial charge is 0.234 e. The lowest BCUT2D eigenvalue weighted by molar-refractivity contribution is -0.113. The fourth-order valence-corrected chi connectivity index (χ4v) is 2.80. The number of rotatable bonds is 5. The number of Topliss-reactive ketones (excluding diaryl/α,β-unsaturated/α-hetero) is 1. The summed E-state index contributed by atoms with van der Waals surface area (Å²) < 4.78 is 13.9. The van der Waals surface area contributed by atoms with E-state index < -0.39 is 5.82 Å². The first-order chi connectivity index (χ1) is 10.9. The van der Waals surface area contributed by atoms with E-state index in [0.29, 0.717) is 21.2 Å². The van der Waals surface area contributed by atoms with E-state index in [1.165, 1.54) is 19.1 Å². The van der Waals surface area contributed by atoms with Crippen molar-refractivity contribution in [2.45, 2.75) is 18.7 Å². The third kappa shape index (κ3) is 4.56. The number of carbonyl (C=O) groups is 2. The van der Waals surface area contributed by atoms with Gasteiger partial charge in [0.25, 0.3) is 0 Å². The van der Waals surface area contributed by atoms with Crippen LogP contribution in [0.25, 0.3) is 0 Å². The largest absolute Gasteiger partial charge is 0.325 e. The molecule has 0 spiro atoms. The van der Waals surface area contributed by atoms with Gasteiger partial charge < -0.3 is 5.32 Å². The van der Waals surface area contributed by atoms with Crippen LogP contribution in [0.3, 0.4) is 0 Å². The maximum atomic E-state index is 13.9. The van der Waals surface area contributed by atoms with Gasteiger partial charge in [-0.2, -0.15) is 0 Å². The van der Waals surface area contributed by atoms with E-state index in [1.807, 2.05) is 6.92 Å². The Morgan fingerprint density at radius 2 is 2.00 bits per heavy atom. The van der Waals surface area contributed by atoms with Gasteiger partial charge in [0.2, 0.25) is 5.91 Å². The molecule has 0 bridgehead atoms. The Kier molecular flexibility index (Phi) is 5.80. The van der Waals surface area contributed by atoms with Gasteiger partial charge in [-0.1, -0.05) is 23.7 Å². The van der Waals surface area contributed by atoms with Gasteiger partial charge in [0.1, 0.15) is 5.82 Å². The number of thioether (sulfide) groups is 1. The van der Waals surface area contributed by atoms with E-state index in [2.05, 4.69) is 5.32 Å². The molecule has 0 aliphatic rings. The van der Waals surface area contributed by atoms with E-state index in [-0.39, 0.29) is 17.4 Å². The standard InChI is InChI=1S/C17H15ClFNO2S/c1-10-13(18)4-3-5-15(10)20-17(22)9-23-16-7-6-12(11(2)21)8-14(16)19/h3-8H,9H2,1-2H3,(H,20,22). The summed E-state index contributed by atoms with van der Waals surface area (Å²) in [6.45, 7) is 3.19. The Hall–Kier alpha value is -1.85. The zero-order valence-corrected chi connectivity index (χ0v) is 14.2. The van der Waals surface area contributed by atoms with E-state index in [0.717, 1.165) is 17.3 Å². The number of ketones is 1. The van der Waals surface area contributed by atoms with Crippen LogP contribution in [0.15, 0.2) is 41.3 Å². The normalized spacial score (nSPS) is 10.4. The lowest BCUT2D eigenvalue weighted by atomic mass is 10.1. The van der Waals surface area contributed by atoms with Gasteiger partial charge in [-0.3, -0.25) is 9.59 Å². The molecular formula is C17H15ClFNO2S. The van der Waals surface area contributed by atoms with Crippen LogP contribution in [0, 0.1) is 12.7 Å². The van der Waals surface area contributed by atoms with Crippen molar-refractivity contribution in [1.29, 1.82) is 0 Å². The van der Waals surface area contributed by atoms with Crippen molar-refractivity contribution in [2.24, 2.45) is 0 Å². The molecule has 0 saturated heterocycles. The maximum absolute atomic E-state index is 13.9. The lowest BCUT2D eigenvalue weighted by Gasteiger charge is -2.09. The van der Waals surface area contributed by atoms with Crippen molar-refractivity contribution in [3.05, 3.63) is 58.4 Å². The van der Waals surface area contributed by atoms with Crippen molar-refractivity contribution in [1.82, 2.24) is 0 Å². The van der Waals surface area contributed by atoms with Crippen molar-refractivity contribution in [2.75, 3.05) is 11.1 Å². The molecule has 2 aromatic rings. The second-order valence-electron chi connectivity index (χ2n) is 4.95. The van der Waals surface area contributed by atoms with Crippen LogP contribution in [0.4, 0.5) is 10.1 Å². The third-order valence-electron chi connectivity index (χ3n) is 3.24. The Bertz CT molecular complexity index is 764. The summed E-state index contributed by atoms with van der Waals surface area (Å²) in [5.41, 5.74) is 1.73. The van der Waals surface area contributed by atoms with Crippen molar-refractivity contribution in [3.8, 4) is 0 Å². The number of hydrogen-bond donors (Lipinski definition) is 1. The fourth-order valence-electron chi connectivity index (χ4n) is 1.91. The van der Waals surface area contributed by atoms with Crippen molar-refractivity contribution < 1.29 is 14.0 Å². The SMILES string of the molecule is CC(=O)c1ccc(SCC(=O)Nc2cccc(Cl)c2C)c(F)c1. The molecule has 3 nitrogen and oxygen atoms in total. The van der Waals surface area contributed by atoms with Crippen LogP contribution >= 0.6 is 23.4 Å². The second kappa shape index (κ2) is 7.62. The third-order valence-corrected chi connectivity index (χ3v) is 4.70. The van der Waals surface area contributed by atoms with Gasteiger partial charge in [-0.15, -0.1) is 11.8 Å². The molecular weight excluding hydrogens is 337 g/mol. The summed E-state index contributed by atoms with van der Waals surface area (Å²) in [6, 6.07) is 9.49. The summed E-state index contributed by atoms with van der Waals surface area (Å²) in [4.78, 5) is 23.5. The van der Waals surface area contributed by atoms with Crippen LogP contribution < -0.4 is 5.32 Å². The number of hydrogen-bond acceptors (Lipinski definition) is 3. The summed E-state index contributed by atoms with van der Waals surface area (Å²) in [5.74, 6) is -0.901. The number of benzene rings is 2. The quantitative estimate of drug-likeness (QED) is 0.626. The van der Waals surface area contributed by atoms with E-state index in [1.54, 1.807) is 24.3 Å². The molecule has 0 fully saturated rings. The van der Waals surface area contributed by atoms with Gasteiger partial charge in [0.15, 0.2) is 5.78 Å². The topological polar surface area (TPSA) is 46.2 Å². The number of carbonyl (C=O) groups excluding carboxylic acids is 2. The highest BCUT2D eigenvalue weighted by Gasteiger charge is 2.11. The zero-order chi connectivity index (χ0) is 17.0. The molecule has 0 aliphatic heterocycles. The van der Waals surface area contributed by atoms with Crippen LogP contribution in [0.2, 0.25) is 5.02 Å². The average molecular weight is 352 g/mol. The molecule has 0 unspecified atom stereocenters. The van der Waals surface area contributed by atoms with Crippen LogP contribution in [0.5, 0.6) is 0 Å². The van der Waals surface area contributed by atoms with Crippen LogP contribution in [-0.2, 0) is 4.79 Å². The molecule has 23 heavy (non-hydrogen) atoms. The maximum Gasteiger partial charge on any atom is 0.234 e. The molecule has 0 saturated carbocycles. The highest BCUT2D eigenvalue weighted by Crippen LogP contribution is 2.25. The van der Waals surface area contributed by atoms with Gasteiger partial charge >= 0.3 is 0 Å². The first kappa shape index (κ1) is 17.5. The Balaban J connectivity index is 1.99. The summed E-state index contributed by atoms with van der Waals surface area (Å²) in [7, 11) is 0. The lowest BCUT2D eigenvalue weighted by Crippen LogP contribution is -2.15. The summed E-state index contributed by atoms with van der Waals surface area (Å²) in [6.07, 6.45) is 0. The first-order valence-electron chi connectivity index (χ1n) is 6.86. The minimum absolute atomic E-state index is 0.0578. The molecule has 2 aromatic carbocycles. The Morgan fingerprint density at radius 1 is 1.26 bits per heavy atom. The van der Waals surface area contributed by atoms with Crippen molar-refractivity contribution >= 4 is 40.7 Å². The number of amides is 1. The molecule has 120 valence electrons.